The third kappa shape index (κ3) is 2.57. The molecule has 1 aromatic carbocycles. The minimum absolute atomic E-state index is 0.169. The van der Waals surface area contributed by atoms with E-state index in [0.717, 1.165) is 50.0 Å². The molecule has 0 aromatic heterocycles. The van der Waals surface area contributed by atoms with Gasteiger partial charge in [0.25, 0.3) is 0 Å². The molecule has 0 aliphatic carbocycles. The van der Waals surface area contributed by atoms with Crippen LogP contribution in [0.2, 0.25) is 0 Å². The molecule has 2 heterocycles. The highest BCUT2D eigenvalue weighted by Crippen LogP contribution is 2.29. The molecule has 0 saturated carbocycles. The van der Waals surface area contributed by atoms with Gasteiger partial charge in [-0.15, -0.1) is 0 Å². The van der Waals surface area contributed by atoms with Gasteiger partial charge in [0.1, 0.15) is 5.82 Å². The fourth-order valence-corrected chi connectivity index (χ4v) is 3.31. The van der Waals surface area contributed by atoms with Crippen LogP contribution in [-0.4, -0.2) is 41.9 Å². The van der Waals surface area contributed by atoms with E-state index in [1.807, 2.05) is 11.0 Å². The minimum Gasteiger partial charge on any atom is -0.342 e. The van der Waals surface area contributed by atoms with Crippen LogP contribution >= 0.6 is 0 Å². The lowest BCUT2D eigenvalue weighted by molar-refractivity contribution is -0.132. The monoisotopic (exact) mass is 276 g/mol. The zero-order chi connectivity index (χ0) is 14.1. The second kappa shape index (κ2) is 5.52. The summed E-state index contributed by atoms with van der Waals surface area (Å²) in [4.78, 5) is 16.4. The first kappa shape index (κ1) is 13.6. The Labute approximate surface area is 119 Å². The van der Waals surface area contributed by atoms with E-state index in [2.05, 4.69) is 11.8 Å². The molecule has 2 aliphatic heterocycles. The van der Waals surface area contributed by atoms with Crippen LogP contribution in [0.25, 0.3) is 0 Å². The van der Waals surface area contributed by atoms with Crippen molar-refractivity contribution < 1.29 is 9.18 Å². The fourth-order valence-electron chi connectivity index (χ4n) is 3.31. The van der Waals surface area contributed by atoms with Crippen LogP contribution in [0.1, 0.15) is 36.9 Å². The van der Waals surface area contributed by atoms with Crippen molar-refractivity contribution in [3.63, 3.8) is 0 Å². The van der Waals surface area contributed by atoms with E-state index < -0.39 is 0 Å². The van der Waals surface area contributed by atoms with Gasteiger partial charge in [0.05, 0.1) is 6.54 Å². The van der Waals surface area contributed by atoms with Crippen molar-refractivity contribution in [2.75, 3.05) is 26.2 Å². The molecule has 1 amide bonds. The number of benzene rings is 1. The normalized spacial score (nSPS) is 22.9. The largest absolute Gasteiger partial charge is 0.342 e. The van der Waals surface area contributed by atoms with Crippen molar-refractivity contribution >= 4 is 5.91 Å². The van der Waals surface area contributed by atoms with Gasteiger partial charge in [-0.05, 0) is 49.4 Å². The highest BCUT2D eigenvalue weighted by atomic mass is 19.1. The van der Waals surface area contributed by atoms with Crippen molar-refractivity contribution in [2.45, 2.75) is 32.2 Å². The maximum absolute atomic E-state index is 13.3. The molecule has 0 bridgehead atoms. The first-order valence-electron chi connectivity index (χ1n) is 7.45. The van der Waals surface area contributed by atoms with Crippen molar-refractivity contribution in [3.8, 4) is 0 Å². The lowest BCUT2D eigenvalue weighted by Crippen LogP contribution is -2.42. The molecule has 1 saturated heterocycles. The van der Waals surface area contributed by atoms with Crippen LogP contribution in [0, 0.1) is 5.82 Å². The summed E-state index contributed by atoms with van der Waals surface area (Å²) in [5, 5.41) is 0. The van der Waals surface area contributed by atoms with Crippen molar-refractivity contribution in [1.82, 2.24) is 9.80 Å². The number of amides is 1. The summed E-state index contributed by atoms with van der Waals surface area (Å²) in [6.07, 6.45) is 3.08. The zero-order valence-corrected chi connectivity index (χ0v) is 11.9. The second-order valence-electron chi connectivity index (χ2n) is 5.83. The molecule has 3 rings (SSSR count). The van der Waals surface area contributed by atoms with Gasteiger partial charge in [-0.3, -0.25) is 9.69 Å². The zero-order valence-electron chi connectivity index (χ0n) is 11.9. The number of hydrogen-bond donors (Lipinski definition) is 0. The summed E-state index contributed by atoms with van der Waals surface area (Å²) < 4.78 is 13.3. The van der Waals surface area contributed by atoms with Gasteiger partial charge in [-0.2, -0.15) is 0 Å². The Morgan fingerprint density at radius 2 is 2.05 bits per heavy atom. The molecule has 1 fully saturated rings. The first-order valence-corrected chi connectivity index (χ1v) is 7.45. The molecule has 3 nitrogen and oxygen atoms in total. The van der Waals surface area contributed by atoms with E-state index in [4.69, 9.17) is 0 Å². The smallest absolute Gasteiger partial charge is 0.236 e. The predicted octanol–water partition coefficient (Wildman–Crippen LogP) is 2.37. The maximum Gasteiger partial charge on any atom is 0.236 e. The number of rotatable bonds is 2. The Hall–Kier alpha value is -1.42. The molecule has 1 unspecified atom stereocenters. The molecule has 4 heteroatoms. The number of carbonyl (C=O) groups excluding carboxylic acids is 1. The van der Waals surface area contributed by atoms with Gasteiger partial charge in [-0.25, -0.2) is 4.39 Å². The number of likely N-dealkylation sites (tertiary alicyclic amines) is 1. The fraction of sp³-hybridized carbons (Fsp3) is 0.562. The average molecular weight is 276 g/mol. The first-order chi connectivity index (χ1) is 9.65. The Kier molecular flexibility index (Phi) is 3.74. The molecular formula is C16H21FN2O. The maximum atomic E-state index is 13.3. The summed E-state index contributed by atoms with van der Waals surface area (Å²) in [6.45, 7) is 5.23. The van der Waals surface area contributed by atoms with E-state index in [1.165, 1.54) is 6.07 Å². The molecule has 20 heavy (non-hydrogen) atoms. The molecule has 0 spiro atoms. The SMILES string of the molecule is CC1c2ccc(F)cc2CCN1CC(=O)N1CCCC1. The van der Waals surface area contributed by atoms with E-state index in [-0.39, 0.29) is 17.8 Å². The number of fused-ring (bicyclic) bond motifs is 1. The Bertz CT molecular complexity index is 511. The summed E-state index contributed by atoms with van der Waals surface area (Å²) in [6, 6.07) is 5.19. The third-order valence-corrected chi connectivity index (χ3v) is 4.57. The Morgan fingerprint density at radius 3 is 2.80 bits per heavy atom. The summed E-state index contributed by atoms with van der Waals surface area (Å²) >= 11 is 0. The van der Waals surface area contributed by atoms with Gasteiger partial charge in [0, 0.05) is 25.7 Å². The van der Waals surface area contributed by atoms with Gasteiger partial charge in [0.15, 0.2) is 0 Å². The number of nitrogens with zero attached hydrogens (tertiary/aromatic N) is 2. The van der Waals surface area contributed by atoms with Crippen molar-refractivity contribution in [2.24, 2.45) is 0 Å². The van der Waals surface area contributed by atoms with Gasteiger partial charge >= 0.3 is 0 Å². The third-order valence-electron chi connectivity index (χ3n) is 4.57. The van der Waals surface area contributed by atoms with Crippen LogP contribution in [0.4, 0.5) is 4.39 Å². The van der Waals surface area contributed by atoms with E-state index in [0.29, 0.717) is 6.54 Å². The van der Waals surface area contributed by atoms with Crippen LogP contribution in [0.3, 0.4) is 0 Å². The van der Waals surface area contributed by atoms with Crippen molar-refractivity contribution in [3.05, 3.63) is 35.1 Å². The average Bonchev–Trinajstić information content (AvgIpc) is 2.96. The second-order valence-corrected chi connectivity index (χ2v) is 5.83. The molecule has 1 aromatic rings. The Balaban J connectivity index is 1.70. The summed E-state index contributed by atoms with van der Waals surface area (Å²) in [7, 11) is 0. The van der Waals surface area contributed by atoms with Crippen LogP contribution in [0.15, 0.2) is 18.2 Å². The molecular weight excluding hydrogens is 255 g/mol. The topological polar surface area (TPSA) is 23.6 Å². The number of carbonyl (C=O) groups is 1. The van der Waals surface area contributed by atoms with Crippen LogP contribution < -0.4 is 0 Å². The highest BCUT2D eigenvalue weighted by molar-refractivity contribution is 5.78. The molecule has 1 atom stereocenters. The molecule has 2 aliphatic rings. The van der Waals surface area contributed by atoms with E-state index in [9.17, 15) is 9.18 Å². The van der Waals surface area contributed by atoms with Crippen LogP contribution in [-0.2, 0) is 11.2 Å². The number of halogens is 1. The van der Waals surface area contributed by atoms with Gasteiger partial charge in [-0.1, -0.05) is 6.07 Å². The minimum atomic E-state index is -0.169. The molecule has 0 N–H and O–H groups in total. The molecule has 108 valence electrons. The lowest BCUT2D eigenvalue weighted by Gasteiger charge is -2.35. The van der Waals surface area contributed by atoms with Gasteiger partial charge in [0.2, 0.25) is 5.91 Å². The number of hydrogen-bond acceptors (Lipinski definition) is 2. The summed E-state index contributed by atoms with van der Waals surface area (Å²) in [5.74, 6) is 0.0671. The standard InChI is InChI=1S/C16H21FN2O/c1-12-15-5-4-14(17)10-13(15)6-9-19(12)11-16(20)18-7-2-3-8-18/h4-5,10,12H,2-3,6-9,11H2,1H3. The van der Waals surface area contributed by atoms with E-state index in [1.54, 1.807) is 6.07 Å². The summed E-state index contributed by atoms with van der Waals surface area (Å²) in [5.41, 5.74) is 2.24. The lowest BCUT2D eigenvalue weighted by atomic mass is 9.93. The van der Waals surface area contributed by atoms with Crippen molar-refractivity contribution in [1.29, 1.82) is 0 Å². The predicted molar refractivity (Wildman–Crippen MR) is 75.9 cm³/mol. The van der Waals surface area contributed by atoms with E-state index >= 15 is 0 Å². The quantitative estimate of drug-likeness (QED) is 0.828. The molecule has 0 radical (unpaired) electrons. The van der Waals surface area contributed by atoms with Gasteiger partial charge < -0.3 is 4.90 Å². The highest BCUT2D eigenvalue weighted by Gasteiger charge is 2.27. The Morgan fingerprint density at radius 1 is 1.30 bits per heavy atom. The van der Waals surface area contributed by atoms with Crippen LogP contribution in [0.5, 0.6) is 0 Å².